The first-order chi connectivity index (χ1) is 13.3. The Morgan fingerprint density at radius 2 is 1.64 bits per heavy atom. The molecular formula is C18H17F3N4O2S. The number of hydrogen-bond acceptors (Lipinski definition) is 5. The van der Waals surface area contributed by atoms with Crippen molar-refractivity contribution in [1.82, 2.24) is 20.2 Å². The van der Waals surface area contributed by atoms with Crippen molar-refractivity contribution in [3.8, 4) is 5.69 Å². The lowest BCUT2D eigenvalue weighted by atomic mass is 10.1. The summed E-state index contributed by atoms with van der Waals surface area (Å²) in [7, 11) is -3.73. The van der Waals surface area contributed by atoms with Gasteiger partial charge in [-0.25, -0.2) is 8.42 Å². The molecule has 0 fully saturated rings. The van der Waals surface area contributed by atoms with Gasteiger partial charge in [0.05, 0.1) is 22.8 Å². The molecule has 0 saturated heterocycles. The fourth-order valence-electron chi connectivity index (χ4n) is 2.81. The SMILES string of the molecule is O=S(=O)(CCCc1nnnn1-c1ccccc1)Cc1ccccc1C(F)(F)F. The zero-order valence-electron chi connectivity index (χ0n) is 14.7. The first-order valence-corrected chi connectivity index (χ1v) is 10.3. The first-order valence-electron chi connectivity index (χ1n) is 8.44. The molecule has 0 bridgehead atoms. The van der Waals surface area contributed by atoms with Gasteiger partial charge in [-0.05, 0) is 40.6 Å². The third-order valence-electron chi connectivity index (χ3n) is 4.09. The van der Waals surface area contributed by atoms with Crippen LogP contribution in [0.5, 0.6) is 0 Å². The van der Waals surface area contributed by atoms with E-state index in [0.29, 0.717) is 5.82 Å². The van der Waals surface area contributed by atoms with Crippen molar-refractivity contribution >= 4 is 9.84 Å². The number of para-hydroxylation sites is 1. The summed E-state index contributed by atoms with van der Waals surface area (Å²) in [4.78, 5) is 0. The molecule has 3 aromatic rings. The minimum Gasteiger partial charge on any atom is -0.228 e. The Labute approximate surface area is 159 Å². The Morgan fingerprint density at radius 1 is 0.964 bits per heavy atom. The Kier molecular flexibility index (Phi) is 5.78. The highest BCUT2D eigenvalue weighted by molar-refractivity contribution is 7.90. The smallest absolute Gasteiger partial charge is 0.228 e. The predicted molar refractivity (Wildman–Crippen MR) is 96.4 cm³/mol. The number of halogens is 3. The Hall–Kier alpha value is -2.75. The Bertz CT molecular complexity index is 1030. The summed E-state index contributed by atoms with van der Waals surface area (Å²) in [6, 6.07) is 13.8. The summed E-state index contributed by atoms with van der Waals surface area (Å²) in [6.45, 7) is 0. The van der Waals surface area contributed by atoms with Crippen LogP contribution in [-0.4, -0.2) is 34.4 Å². The topological polar surface area (TPSA) is 77.7 Å². The summed E-state index contributed by atoms with van der Waals surface area (Å²) >= 11 is 0. The molecule has 0 radical (unpaired) electrons. The molecule has 0 N–H and O–H groups in total. The number of aromatic nitrogens is 4. The van der Waals surface area contributed by atoms with E-state index < -0.39 is 27.3 Å². The van der Waals surface area contributed by atoms with Gasteiger partial charge in [-0.3, -0.25) is 0 Å². The van der Waals surface area contributed by atoms with Crippen LogP contribution in [0.25, 0.3) is 5.69 Å². The first kappa shape index (κ1) is 20.0. The molecule has 0 saturated carbocycles. The molecule has 3 rings (SSSR count). The van der Waals surface area contributed by atoms with Gasteiger partial charge in [0.2, 0.25) is 0 Å². The maximum absolute atomic E-state index is 13.0. The van der Waals surface area contributed by atoms with E-state index in [2.05, 4.69) is 15.5 Å². The molecule has 1 heterocycles. The van der Waals surface area contributed by atoms with Crippen LogP contribution in [0.1, 0.15) is 23.4 Å². The van der Waals surface area contributed by atoms with E-state index in [0.717, 1.165) is 11.8 Å². The standard InChI is InChI=1S/C18H17F3N4O2S/c19-18(20,21)16-10-5-4-7-14(16)13-28(26,27)12-6-11-17-22-23-24-25(17)15-8-2-1-3-9-15/h1-5,7-10H,6,11-13H2. The van der Waals surface area contributed by atoms with E-state index in [1.165, 1.54) is 22.9 Å². The maximum Gasteiger partial charge on any atom is 0.416 e. The molecule has 148 valence electrons. The third kappa shape index (κ3) is 4.94. The van der Waals surface area contributed by atoms with Crippen molar-refractivity contribution in [1.29, 1.82) is 0 Å². The van der Waals surface area contributed by atoms with Crippen LogP contribution in [0.2, 0.25) is 0 Å². The summed E-state index contributed by atoms with van der Waals surface area (Å²) in [5.74, 6) is -0.440. The molecule has 2 aromatic carbocycles. The van der Waals surface area contributed by atoms with Crippen molar-refractivity contribution < 1.29 is 21.6 Å². The number of rotatable bonds is 7. The molecule has 10 heteroatoms. The monoisotopic (exact) mass is 410 g/mol. The fraction of sp³-hybridized carbons (Fsp3) is 0.278. The average Bonchev–Trinajstić information content (AvgIpc) is 3.10. The van der Waals surface area contributed by atoms with Gasteiger partial charge in [-0.2, -0.15) is 17.9 Å². The molecule has 0 unspecified atom stereocenters. The summed E-state index contributed by atoms with van der Waals surface area (Å²) in [6.07, 6.45) is -4.12. The van der Waals surface area contributed by atoms with Gasteiger partial charge < -0.3 is 0 Å². The van der Waals surface area contributed by atoms with Crippen LogP contribution in [-0.2, 0) is 28.2 Å². The number of alkyl halides is 3. The van der Waals surface area contributed by atoms with Gasteiger partial charge >= 0.3 is 6.18 Å². The highest BCUT2D eigenvalue weighted by Gasteiger charge is 2.33. The summed E-state index contributed by atoms with van der Waals surface area (Å²) in [5.41, 5.74) is -0.430. The van der Waals surface area contributed by atoms with Gasteiger partial charge in [0.25, 0.3) is 0 Å². The van der Waals surface area contributed by atoms with E-state index in [-0.39, 0.29) is 24.2 Å². The van der Waals surface area contributed by atoms with Crippen LogP contribution in [0.15, 0.2) is 54.6 Å². The van der Waals surface area contributed by atoms with Gasteiger partial charge in [-0.15, -0.1) is 5.10 Å². The molecular weight excluding hydrogens is 393 g/mol. The minimum atomic E-state index is -4.59. The minimum absolute atomic E-state index is 0.198. The van der Waals surface area contributed by atoms with E-state index >= 15 is 0 Å². The van der Waals surface area contributed by atoms with E-state index in [1.807, 2.05) is 30.3 Å². The van der Waals surface area contributed by atoms with Crippen LogP contribution in [0, 0.1) is 0 Å². The second kappa shape index (κ2) is 8.09. The van der Waals surface area contributed by atoms with Crippen molar-refractivity contribution in [3.05, 3.63) is 71.5 Å². The van der Waals surface area contributed by atoms with Crippen LogP contribution in [0.4, 0.5) is 13.2 Å². The molecule has 0 aliphatic rings. The lowest BCUT2D eigenvalue weighted by molar-refractivity contribution is -0.138. The highest BCUT2D eigenvalue weighted by atomic mass is 32.2. The number of sulfone groups is 1. The zero-order valence-corrected chi connectivity index (χ0v) is 15.5. The van der Waals surface area contributed by atoms with Crippen molar-refractivity contribution in [2.75, 3.05) is 5.75 Å². The number of nitrogens with zero attached hydrogens (tertiary/aromatic N) is 4. The summed E-state index contributed by atoms with van der Waals surface area (Å²) < 4.78 is 65.3. The van der Waals surface area contributed by atoms with Crippen molar-refractivity contribution in [3.63, 3.8) is 0 Å². The quantitative estimate of drug-likeness (QED) is 0.598. The van der Waals surface area contributed by atoms with Crippen LogP contribution >= 0.6 is 0 Å². The second-order valence-electron chi connectivity index (χ2n) is 6.19. The average molecular weight is 410 g/mol. The van der Waals surface area contributed by atoms with Crippen LogP contribution < -0.4 is 0 Å². The van der Waals surface area contributed by atoms with E-state index in [1.54, 1.807) is 0 Å². The Balaban J connectivity index is 1.66. The number of benzene rings is 2. The molecule has 0 aliphatic carbocycles. The van der Waals surface area contributed by atoms with Gasteiger partial charge in [0, 0.05) is 6.42 Å². The van der Waals surface area contributed by atoms with Crippen molar-refractivity contribution in [2.45, 2.75) is 24.8 Å². The molecule has 0 atom stereocenters. The van der Waals surface area contributed by atoms with Crippen LogP contribution in [0.3, 0.4) is 0 Å². The zero-order chi connectivity index (χ0) is 20.2. The molecule has 0 spiro atoms. The normalized spacial score (nSPS) is 12.2. The predicted octanol–water partition coefficient (Wildman–Crippen LogP) is 3.23. The van der Waals surface area contributed by atoms with E-state index in [4.69, 9.17) is 0 Å². The number of tetrazole rings is 1. The fourth-order valence-corrected chi connectivity index (χ4v) is 4.27. The van der Waals surface area contributed by atoms with Gasteiger partial charge in [0.15, 0.2) is 15.7 Å². The largest absolute Gasteiger partial charge is 0.416 e. The second-order valence-corrected chi connectivity index (χ2v) is 8.38. The molecule has 0 aliphatic heterocycles. The maximum atomic E-state index is 13.0. The van der Waals surface area contributed by atoms with Gasteiger partial charge in [-0.1, -0.05) is 36.4 Å². The van der Waals surface area contributed by atoms with Gasteiger partial charge in [0.1, 0.15) is 0 Å². The third-order valence-corrected chi connectivity index (χ3v) is 5.75. The highest BCUT2D eigenvalue weighted by Crippen LogP contribution is 2.32. The molecule has 1 aromatic heterocycles. The van der Waals surface area contributed by atoms with E-state index in [9.17, 15) is 21.6 Å². The summed E-state index contributed by atoms with van der Waals surface area (Å²) in [5, 5.41) is 11.4. The lowest BCUT2D eigenvalue weighted by Gasteiger charge is -2.12. The lowest BCUT2D eigenvalue weighted by Crippen LogP contribution is -2.15. The Morgan fingerprint density at radius 3 is 2.36 bits per heavy atom. The molecule has 0 amide bonds. The number of aryl methyl sites for hydroxylation is 1. The molecule has 28 heavy (non-hydrogen) atoms. The van der Waals surface area contributed by atoms with Crippen molar-refractivity contribution in [2.24, 2.45) is 0 Å². The number of hydrogen-bond donors (Lipinski definition) is 0. The molecule has 6 nitrogen and oxygen atoms in total.